The molecule has 0 bridgehead atoms. The Morgan fingerprint density at radius 2 is 1.90 bits per heavy atom. The second-order valence-electron chi connectivity index (χ2n) is 6.79. The summed E-state index contributed by atoms with van der Waals surface area (Å²) in [6.45, 7) is 2.45. The molecular weight excluding hydrogens is 420 g/mol. The second-order valence-corrected chi connectivity index (χ2v) is 8.22. The van der Waals surface area contributed by atoms with E-state index in [0.717, 1.165) is 28.3 Å². The van der Waals surface area contributed by atoms with Crippen molar-refractivity contribution in [2.45, 2.75) is 19.8 Å². The number of hydrogen-bond acceptors (Lipinski definition) is 5. The Kier molecular flexibility index (Phi) is 5.97. The van der Waals surface area contributed by atoms with Crippen LogP contribution in [0.2, 0.25) is 5.02 Å². The molecule has 1 amide bonds. The predicted molar refractivity (Wildman–Crippen MR) is 122 cm³/mol. The minimum absolute atomic E-state index is 0.263. The van der Waals surface area contributed by atoms with E-state index in [-0.39, 0.29) is 11.9 Å². The maximum atomic E-state index is 12.9. The number of hydrogen-bond donors (Lipinski definition) is 1. The van der Waals surface area contributed by atoms with Crippen LogP contribution in [-0.2, 0) is 4.74 Å². The van der Waals surface area contributed by atoms with E-state index in [1.807, 2.05) is 25.1 Å². The second kappa shape index (κ2) is 8.81. The van der Waals surface area contributed by atoms with Gasteiger partial charge in [-0.25, -0.2) is 9.78 Å². The maximum absolute atomic E-state index is 12.9. The number of fused-ring (bicyclic) bond motifs is 2. The zero-order valence-corrected chi connectivity index (χ0v) is 17.8. The molecule has 0 aliphatic carbocycles. The zero-order valence-electron chi connectivity index (χ0n) is 16.3. The summed E-state index contributed by atoms with van der Waals surface area (Å²) in [7, 11) is 0. The first kappa shape index (κ1) is 20.3. The van der Waals surface area contributed by atoms with Crippen LogP contribution < -0.4 is 5.32 Å². The number of benzene rings is 3. The van der Waals surface area contributed by atoms with Crippen molar-refractivity contribution in [2.24, 2.45) is 0 Å². The number of carbonyl (C=O) groups is 2. The molecule has 0 saturated carbocycles. The Morgan fingerprint density at radius 3 is 2.73 bits per heavy atom. The van der Waals surface area contributed by atoms with Crippen LogP contribution in [0.25, 0.3) is 21.0 Å². The topological polar surface area (TPSA) is 68.3 Å². The van der Waals surface area contributed by atoms with E-state index in [0.29, 0.717) is 33.4 Å². The number of carbonyl (C=O) groups excluding carboxylic acids is 2. The Balaban J connectivity index is 1.56. The fourth-order valence-electron chi connectivity index (χ4n) is 3.13. The number of anilines is 1. The van der Waals surface area contributed by atoms with Gasteiger partial charge in [0.2, 0.25) is 0 Å². The van der Waals surface area contributed by atoms with Crippen molar-refractivity contribution in [2.75, 3.05) is 11.9 Å². The largest absolute Gasteiger partial charge is 0.462 e. The number of nitrogens with one attached hydrogen (secondary N) is 1. The molecule has 3 aromatic carbocycles. The lowest BCUT2D eigenvalue weighted by atomic mass is 10.0. The number of esters is 1. The Hall–Kier alpha value is -2.96. The van der Waals surface area contributed by atoms with Gasteiger partial charge in [0.15, 0.2) is 5.13 Å². The van der Waals surface area contributed by atoms with Gasteiger partial charge in [-0.1, -0.05) is 60.5 Å². The van der Waals surface area contributed by atoms with Crippen LogP contribution in [0.15, 0.2) is 54.6 Å². The third kappa shape index (κ3) is 4.15. The van der Waals surface area contributed by atoms with Gasteiger partial charge in [-0.3, -0.25) is 10.1 Å². The minimum atomic E-state index is -0.350. The molecule has 4 aromatic rings. The molecule has 1 N–H and O–H groups in total. The van der Waals surface area contributed by atoms with Crippen LogP contribution in [0.3, 0.4) is 0 Å². The molecule has 0 aliphatic heterocycles. The van der Waals surface area contributed by atoms with E-state index >= 15 is 0 Å². The third-order valence-corrected chi connectivity index (χ3v) is 5.95. The highest BCUT2D eigenvalue weighted by atomic mass is 35.5. The Bertz CT molecular complexity index is 1250. The molecule has 30 heavy (non-hydrogen) atoms. The quantitative estimate of drug-likeness (QED) is 0.283. The molecule has 0 atom stereocenters. The lowest BCUT2D eigenvalue weighted by Crippen LogP contribution is -2.12. The average molecular weight is 439 g/mol. The molecule has 0 unspecified atom stereocenters. The number of rotatable bonds is 6. The van der Waals surface area contributed by atoms with Crippen molar-refractivity contribution in [3.63, 3.8) is 0 Å². The summed E-state index contributed by atoms with van der Waals surface area (Å²) in [5.41, 5.74) is 1.71. The number of amides is 1. The van der Waals surface area contributed by atoms with Crippen LogP contribution in [0, 0.1) is 0 Å². The summed E-state index contributed by atoms with van der Waals surface area (Å²) < 4.78 is 6.06. The molecule has 0 saturated heterocycles. The zero-order chi connectivity index (χ0) is 21.1. The lowest BCUT2D eigenvalue weighted by Gasteiger charge is -2.07. The van der Waals surface area contributed by atoms with Gasteiger partial charge in [-0.15, -0.1) is 0 Å². The molecule has 152 valence electrons. The molecule has 4 rings (SSSR count). The molecule has 5 nitrogen and oxygen atoms in total. The minimum Gasteiger partial charge on any atom is -0.462 e. The first-order valence-corrected chi connectivity index (χ1v) is 10.8. The van der Waals surface area contributed by atoms with Crippen LogP contribution >= 0.6 is 22.9 Å². The molecule has 1 heterocycles. The number of unbranched alkanes of at least 4 members (excludes halogenated alkanes) is 1. The van der Waals surface area contributed by atoms with Gasteiger partial charge in [-0.2, -0.15) is 0 Å². The lowest BCUT2D eigenvalue weighted by molar-refractivity contribution is 0.0500. The summed E-state index contributed by atoms with van der Waals surface area (Å²) >= 11 is 7.56. The maximum Gasteiger partial charge on any atom is 0.338 e. The Morgan fingerprint density at radius 1 is 1.10 bits per heavy atom. The molecule has 0 fully saturated rings. The van der Waals surface area contributed by atoms with Crippen molar-refractivity contribution >= 4 is 60.9 Å². The first-order chi connectivity index (χ1) is 14.6. The Labute approximate surface area is 182 Å². The van der Waals surface area contributed by atoms with Gasteiger partial charge in [0.05, 0.1) is 22.4 Å². The fraction of sp³-hybridized carbons (Fsp3) is 0.174. The van der Waals surface area contributed by atoms with Gasteiger partial charge < -0.3 is 4.74 Å². The van der Waals surface area contributed by atoms with E-state index in [1.165, 1.54) is 11.3 Å². The summed E-state index contributed by atoms with van der Waals surface area (Å²) in [5, 5.41) is 5.52. The van der Waals surface area contributed by atoms with Crippen molar-refractivity contribution in [1.29, 1.82) is 0 Å². The summed E-state index contributed by atoms with van der Waals surface area (Å²) in [6, 6.07) is 16.1. The summed E-state index contributed by atoms with van der Waals surface area (Å²) in [6.07, 6.45) is 1.80. The molecule has 0 radical (unpaired) electrons. The molecule has 0 spiro atoms. The van der Waals surface area contributed by atoms with Gasteiger partial charge in [0, 0.05) is 16.0 Å². The predicted octanol–water partition coefficient (Wildman–Crippen LogP) is 6.31. The smallest absolute Gasteiger partial charge is 0.338 e. The number of ether oxygens (including phenoxy) is 1. The van der Waals surface area contributed by atoms with E-state index in [4.69, 9.17) is 16.3 Å². The van der Waals surface area contributed by atoms with Gasteiger partial charge in [-0.05, 0) is 42.1 Å². The van der Waals surface area contributed by atoms with Crippen molar-refractivity contribution < 1.29 is 14.3 Å². The van der Waals surface area contributed by atoms with Crippen LogP contribution in [0.4, 0.5) is 5.13 Å². The normalized spacial score (nSPS) is 11.0. The van der Waals surface area contributed by atoms with Gasteiger partial charge in [0.25, 0.3) is 5.91 Å². The van der Waals surface area contributed by atoms with E-state index < -0.39 is 0 Å². The monoisotopic (exact) mass is 438 g/mol. The number of thiazole rings is 1. The molecule has 7 heteroatoms. The third-order valence-electron chi connectivity index (χ3n) is 4.69. The highest BCUT2D eigenvalue weighted by Crippen LogP contribution is 2.29. The summed E-state index contributed by atoms with van der Waals surface area (Å²) in [4.78, 5) is 29.5. The standard InChI is InChI=1S/C23H19ClN2O3S/c1-2-3-12-29-22(28)14-10-11-19-20(13-14)30-23(25-19)26-21(27)17-8-4-7-16-15(17)6-5-9-18(16)24/h4-11,13H,2-3,12H2,1H3,(H,25,26,27). The SMILES string of the molecule is CCCCOC(=O)c1ccc2nc(NC(=O)c3cccc4c(Cl)cccc34)sc2c1. The summed E-state index contributed by atoms with van der Waals surface area (Å²) in [5.74, 6) is -0.613. The average Bonchev–Trinajstić information content (AvgIpc) is 3.15. The molecule has 0 aliphatic rings. The highest BCUT2D eigenvalue weighted by Gasteiger charge is 2.15. The fourth-order valence-corrected chi connectivity index (χ4v) is 4.27. The number of nitrogens with zero attached hydrogens (tertiary/aromatic N) is 1. The van der Waals surface area contributed by atoms with Crippen LogP contribution in [-0.4, -0.2) is 23.5 Å². The van der Waals surface area contributed by atoms with Gasteiger partial charge >= 0.3 is 5.97 Å². The number of halogens is 1. The van der Waals surface area contributed by atoms with E-state index in [9.17, 15) is 9.59 Å². The van der Waals surface area contributed by atoms with Crippen molar-refractivity contribution in [3.8, 4) is 0 Å². The van der Waals surface area contributed by atoms with E-state index in [2.05, 4.69) is 10.3 Å². The van der Waals surface area contributed by atoms with Gasteiger partial charge in [0.1, 0.15) is 0 Å². The number of aromatic nitrogens is 1. The highest BCUT2D eigenvalue weighted by molar-refractivity contribution is 7.22. The molecule has 1 aromatic heterocycles. The van der Waals surface area contributed by atoms with Crippen LogP contribution in [0.5, 0.6) is 0 Å². The van der Waals surface area contributed by atoms with Crippen molar-refractivity contribution in [1.82, 2.24) is 4.98 Å². The first-order valence-electron chi connectivity index (χ1n) is 9.63. The van der Waals surface area contributed by atoms with Crippen molar-refractivity contribution in [3.05, 3.63) is 70.7 Å². The molecular formula is C23H19ClN2O3S. The van der Waals surface area contributed by atoms with Crippen LogP contribution in [0.1, 0.15) is 40.5 Å². The van der Waals surface area contributed by atoms with E-state index in [1.54, 1.807) is 36.4 Å².